The van der Waals surface area contributed by atoms with E-state index >= 15 is 0 Å². The van der Waals surface area contributed by atoms with Crippen molar-refractivity contribution < 1.29 is 9.90 Å². The molecule has 152 valence electrons. The van der Waals surface area contributed by atoms with Crippen molar-refractivity contribution in [2.75, 3.05) is 12.3 Å². The molecular weight excluding hydrogens is 380 g/mol. The van der Waals surface area contributed by atoms with Gasteiger partial charge in [-0.15, -0.1) is 0 Å². The summed E-state index contributed by atoms with van der Waals surface area (Å²) in [6.07, 6.45) is 3.38. The molecule has 8 nitrogen and oxygen atoms in total. The summed E-state index contributed by atoms with van der Waals surface area (Å²) in [5.74, 6) is -0.0152. The molecule has 0 saturated carbocycles. The third-order valence-electron chi connectivity index (χ3n) is 4.71. The first-order chi connectivity index (χ1) is 14.6. The van der Waals surface area contributed by atoms with E-state index in [0.717, 1.165) is 12.8 Å². The first-order valence-electron chi connectivity index (χ1n) is 9.76. The largest absolute Gasteiger partial charge is 0.508 e. The molecule has 4 N–H and O–H groups in total. The van der Waals surface area contributed by atoms with Gasteiger partial charge in [-0.2, -0.15) is 9.78 Å². The zero-order valence-corrected chi connectivity index (χ0v) is 16.5. The number of phenolic OH excluding ortho intramolecular Hbond substituents is 1. The summed E-state index contributed by atoms with van der Waals surface area (Å²) in [5.41, 5.74) is 9.41. The van der Waals surface area contributed by atoms with Crippen LogP contribution in [0.5, 0.6) is 5.75 Å². The van der Waals surface area contributed by atoms with Crippen LogP contribution < -0.4 is 11.1 Å². The molecule has 2 heterocycles. The number of hydrogen-bond donors (Lipinski definition) is 3. The van der Waals surface area contributed by atoms with Gasteiger partial charge in [-0.3, -0.25) is 4.79 Å². The lowest BCUT2D eigenvalue weighted by Gasteiger charge is -2.04. The summed E-state index contributed by atoms with van der Waals surface area (Å²) in [6.45, 7) is 2.61. The van der Waals surface area contributed by atoms with Gasteiger partial charge in [0.2, 0.25) is 0 Å². The highest BCUT2D eigenvalue weighted by Gasteiger charge is 2.23. The number of nitrogen functional groups attached to an aromatic ring is 1. The van der Waals surface area contributed by atoms with E-state index < -0.39 is 0 Å². The fourth-order valence-corrected chi connectivity index (χ4v) is 3.18. The van der Waals surface area contributed by atoms with Gasteiger partial charge in [0.05, 0.1) is 17.2 Å². The van der Waals surface area contributed by atoms with E-state index in [-0.39, 0.29) is 23.0 Å². The molecule has 0 aliphatic rings. The van der Waals surface area contributed by atoms with Crippen LogP contribution in [0, 0.1) is 0 Å². The highest BCUT2D eigenvalue weighted by Crippen LogP contribution is 2.27. The van der Waals surface area contributed by atoms with E-state index in [2.05, 4.69) is 27.3 Å². The highest BCUT2D eigenvalue weighted by atomic mass is 16.3. The molecule has 0 atom stereocenters. The van der Waals surface area contributed by atoms with E-state index in [9.17, 15) is 9.90 Å². The normalized spacial score (nSPS) is 11.5. The molecule has 30 heavy (non-hydrogen) atoms. The number of phenols is 1. The Morgan fingerprint density at radius 1 is 1.20 bits per heavy atom. The van der Waals surface area contributed by atoms with Crippen LogP contribution in [0.3, 0.4) is 0 Å². The van der Waals surface area contributed by atoms with Crippen molar-refractivity contribution in [1.82, 2.24) is 20.0 Å². The average molecular weight is 402 g/mol. The van der Waals surface area contributed by atoms with Gasteiger partial charge in [-0.1, -0.05) is 37.6 Å². The molecule has 0 aliphatic carbocycles. The van der Waals surface area contributed by atoms with E-state index in [1.54, 1.807) is 30.5 Å². The molecule has 4 rings (SSSR count). The van der Waals surface area contributed by atoms with Crippen LogP contribution in [0.25, 0.3) is 22.2 Å². The third kappa shape index (κ3) is 3.67. The van der Waals surface area contributed by atoms with Crippen molar-refractivity contribution >= 4 is 40.1 Å². The number of hydrogen-bond acceptors (Lipinski definition) is 6. The summed E-state index contributed by atoms with van der Waals surface area (Å²) in [4.78, 5) is 22.2. The number of nitrogens with zero attached hydrogens (tertiary/aromatic N) is 4. The molecule has 0 fully saturated rings. The lowest BCUT2D eigenvalue weighted by molar-refractivity contribution is 0.0955. The quantitative estimate of drug-likeness (QED) is 0.338. The summed E-state index contributed by atoms with van der Waals surface area (Å²) in [7, 11) is 0. The zero-order valence-electron chi connectivity index (χ0n) is 16.5. The number of unbranched alkanes of at least 4 members (excludes halogenated alkanes) is 1. The fourth-order valence-electron chi connectivity index (χ4n) is 3.18. The Bertz CT molecular complexity index is 1260. The minimum absolute atomic E-state index is 0.131. The van der Waals surface area contributed by atoms with Gasteiger partial charge in [-0.25, -0.2) is 9.97 Å². The van der Waals surface area contributed by atoms with Crippen molar-refractivity contribution in [3.63, 3.8) is 0 Å². The van der Waals surface area contributed by atoms with E-state index in [1.165, 1.54) is 4.68 Å². The number of aromatic hydroxyl groups is 1. The first-order valence-corrected chi connectivity index (χ1v) is 9.76. The molecule has 0 saturated heterocycles. The van der Waals surface area contributed by atoms with Crippen LogP contribution in [-0.4, -0.2) is 38.4 Å². The van der Waals surface area contributed by atoms with Crippen LogP contribution >= 0.6 is 0 Å². The molecule has 0 bridgehead atoms. The Balaban J connectivity index is 1.86. The standard InChI is InChI=1S/C22H22N6O2/c1-2-3-11-24-22(30)18-19-21(27-17-10-5-4-9-16(17)26-19)28(20(18)23)25-13-14-7-6-8-15(29)12-14/h4-10,12-13,29H,2-3,11,23H2,1H3,(H,24,30). The number of anilines is 1. The molecule has 0 aliphatic heterocycles. The Hall–Kier alpha value is -3.94. The van der Waals surface area contributed by atoms with Gasteiger partial charge < -0.3 is 16.2 Å². The van der Waals surface area contributed by atoms with Crippen molar-refractivity contribution in [3.05, 3.63) is 59.7 Å². The van der Waals surface area contributed by atoms with Crippen LogP contribution in [0.2, 0.25) is 0 Å². The lowest BCUT2D eigenvalue weighted by atomic mass is 10.2. The number of para-hydroxylation sites is 2. The Kier molecular flexibility index (Phi) is 5.30. The third-order valence-corrected chi connectivity index (χ3v) is 4.71. The number of benzene rings is 2. The zero-order chi connectivity index (χ0) is 21.1. The summed E-state index contributed by atoms with van der Waals surface area (Å²) in [6, 6.07) is 14.1. The van der Waals surface area contributed by atoms with E-state index in [1.807, 2.05) is 24.3 Å². The number of fused-ring (bicyclic) bond motifs is 2. The minimum Gasteiger partial charge on any atom is -0.508 e. The van der Waals surface area contributed by atoms with Crippen molar-refractivity contribution in [2.45, 2.75) is 19.8 Å². The van der Waals surface area contributed by atoms with Crippen LogP contribution in [0.1, 0.15) is 35.7 Å². The number of nitrogens with two attached hydrogens (primary N) is 1. The molecule has 2 aromatic carbocycles. The molecule has 1 amide bonds. The summed E-state index contributed by atoms with van der Waals surface area (Å²) in [5, 5.41) is 17.0. The number of aromatic nitrogens is 3. The van der Waals surface area contributed by atoms with Crippen LogP contribution in [-0.2, 0) is 0 Å². The second-order valence-electron chi connectivity index (χ2n) is 6.91. The van der Waals surface area contributed by atoms with Gasteiger partial charge in [0, 0.05) is 6.54 Å². The number of carbonyl (C=O) groups is 1. The summed E-state index contributed by atoms with van der Waals surface area (Å²) < 4.78 is 1.41. The number of amides is 1. The van der Waals surface area contributed by atoms with Gasteiger partial charge >= 0.3 is 0 Å². The van der Waals surface area contributed by atoms with Gasteiger partial charge in [-0.05, 0) is 36.2 Å². The topological polar surface area (TPSA) is 118 Å². The van der Waals surface area contributed by atoms with Gasteiger partial charge in [0.15, 0.2) is 5.65 Å². The maximum Gasteiger partial charge on any atom is 0.257 e. The predicted octanol–water partition coefficient (Wildman–Crippen LogP) is 3.28. The Morgan fingerprint density at radius 3 is 2.70 bits per heavy atom. The molecule has 0 unspecified atom stereocenters. The predicted molar refractivity (Wildman–Crippen MR) is 118 cm³/mol. The van der Waals surface area contributed by atoms with Crippen LogP contribution in [0.4, 0.5) is 5.82 Å². The van der Waals surface area contributed by atoms with Crippen molar-refractivity contribution in [3.8, 4) is 5.75 Å². The van der Waals surface area contributed by atoms with Crippen molar-refractivity contribution in [1.29, 1.82) is 0 Å². The highest BCUT2D eigenvalue weighted by molar-refractivity contribution is 6.10. The van der Waals surface area contributed by atoms with E-state index in [4.69, 9.17) is 5.73 Å². The second-order valence-corrected chi connectivity index (χ2v) is 6.91. The monoisotopic (exact) mass is 402 g/mol. The minimum atomic E-state index is -0.304. The Labute approximate surface area is 173 Å². The fraction of sp³-hybridized carbons (Fsp3) is 0.182. The van der Waals surface area contributed by atoms with Gasteiger partial charge in [0.25, 0.3) is 5.91 Å². The molecular formula is C22H22N6O2. The Morgan fingerprint density at radius 2 is 1.97 bits per heavy atom. The maximum absolute atomic E-state index is 12.9. The SMILES string of the molecule is CCCCNC(=O)c1c(N)n(N=Cc2cccc(O)c2)c2nc3ccccc3nc12. The average Bonchev–Trinajstić information content (AvgIpc) is 3.01. The first kappa shape index (κ1) is 19.4. The molecule has 2 aromatic heterocycles. The second kappa shape index (κ2) is 8.20. The van der Waals surface area contributed by atoms with E-state index in [0.29, 0.717) is 34.3 Å². The number of carbonyl (C=O) groups excluding carboxylic acids is 1. The maximum atomic E-state index is 12.9. The molecule has 0 radical (unpaired) electrons. The van der Waals surface area contributed by atoms with Crippen molar-refractivity contribution in [2.24, 2.45) is 5.10 Å². The number of rotatable bonds is 6. The summed E-state index contributed by atoms with van der Waals surface area (Å²) >= 11 is 0. The molecule has 0 spiro atoms. The molecule has 4 aromatic rings. The van der Waals surface area contributed by atoms with Crippen LogP contribution in [0.15, 0.2) is 53.6 Å². The molecule has 8 heteroatoms. The lowest BCUT2D eigenvalue weighted by Crippen LogP contribution is -2.25. The number of nitrogens with one attached hydrogen (secondary N) is 1. The van der Waals surface area contributed by atoms with Gasteiger partial charge in [0.1, 0.15) is 22.6 Å². The smallest absolute Gasteiger partial charge is 0.257 e.